The molecule has 0 atom stereocenters. The molecule has 0 aliphatic heterocycles. The van der Waals surface area contributed by atoms with Crippen molar-refractivity contribution in [2.24, 2.45) is 0 Å². The number of hydrogen-bond acceptors (Lipinski definition) is 8. The third-order valence-electron chi connectivity index (χ3n) is 0. The fraction of sp³-hybridized carbons (Fsp3) is 0. The second-order valence-corrected chi connectivity index (χ2v) is 2.26. The van der Waals surface area contributed by atoms with Gasteiger partial charge < -0.3 is 81.7 Å². The number of carboxylic acid groups (broad SMARTS) is 16. The van der Waals surface area contributed by atoms with E-state index in [0.717, 1.165) is 0 Å². The Balaban J connectivity index is -0.00000000303. The van der Waals surface area contributed by atoms with Crippen molar-refractivity contribution in [1.82, 2.24) is 0 Å². The van der Waals surface area contributed by atoms with Gasteiger partial charge in [-0.15, -0.1) is 0 Å². The Morgan fingerprint density at radius 1 is 0.117 bits per heavy atom. The molecular formula is C8H44Na28O24. The topological polar surface area (TPSA) is 460 Å². The molecule has 60 heavy (non-hydrogen) atoms. The molecule has 0 saturated heterocycles. The van der Waals surface area contributed by atoms with Crippen molar-refractivity contribution in [2.45, 2.75) is 0 Å². The fourth-order valence-electron chi connectivity index (χ4n) is 0. The zero-order valence-electron chi connectivity index (χ0n) is 14.4. The average molecular weight is 1170 g/mol. The van der Waals surface area contributed by atoms with Crippen LogP contribution in [0, 0.1) is 0 Å². The minimum absolute atomic E-state index is 0. The number of hydrogen-bond donors (Lipinski definition) is 16. The summed E-state index contributed by atoms with van der Waals surface area (Å²) in [5.41, 5.74) is 0. The van der Waals surface area contributed by atoms with Crippen LogP contribution in [0.3, 0.4) is 0 Å². The Bertz CT molecular complexity index is 414. The van der Waals surface area contributed by atoms with Gasteiger partial charge in [0.05, 0.1) is 0 Å². The van der Waals surface area contributed by atoms with Crippen LogP contribution in [-0.2, 0) is 0 Å². The van der Waals surface area contributed by atoms with E-state index >= 15 is 0 Å². The van der Waals surface area contributed by atoms with Gasteiger partial charge in [-0.25, -0.2) is 38.4 Å². The molecule has 52 heteroatoms. The molecule has 0 unspecified atom stereocenters. The maximum absolute atomic E-state index is 8.56. The predicted octanol–water partition coefficient (Wildman–Crippen LogP) is -16.4. The van der Waals surface area contributed by atoms with Gasteiger partial charge in [-0.3, -0.25) is 0 Å². The van der Waals surface area contributed by atoms with Crippen molar-refractivity contribution in [3.63, 3.8) is 0 Å². The first kappa shape index (κ1) is 254. The van der Waals surface area contributed by atoms with Crippen molar-refractivity contribution in [3.8, 4) is 0 Å². The molecule has 0 spiro atoms. The van der Waals surface area contributed by atoms with E-state index in [1.807, 2.05) is 0 Å². The van der Waals surface area contributed by atoms with Crippen LogP contribution in [0.25, 0.3) is 0 Å². The monoisotopic (exact) mass is 1170 g/mol. The Labute approximate surface area is 966 Å². The third kappa shape index (κ3) is 1020. The van der Waals surface area contributed by atoms with Gasteiger partial charge in [0.2, 0.25) is 0 Å². The number of rotatable bonds is 0. The summed E-state index contributed by atoms with van der Waals surface area (Å²) in [4.78, 5) is 68.4. The standard InChI is InChI=1S/8CH2O3.28Na.28H/c8*2-1(3)4;;;;;;;;;;;;;;;;;;;;;;;;;;;;;;;;;;;;;;;;;;;;;;;;;;;;;;;;/h8*(H2,2,3,4);;;;;;;;;;;;;;;;;;;;;;;;;;;;;;;;;;;;;;;;;;;;;;;;;;;;;;;;. The van der Waals surface area contributed by atoms with E-state index in [1.54, 1.807) is 0 Å². The van der Waals surface area contributed by atoms with Crippen molar-refractivity contribution in [3.05, 3.63) is 0 Å². The summed E-state index contributed by atoms with van der Waals surface area (Å²) in [6.07, 6.45) is -14.7. The maximum atomic E-state index is 8.56. The summed E-state index contributed by atoms with van der Waals surface area (Å²) in [5.74, 6) is 0. The Hall–Kier alpha value is 22.2. The van der Waals surface area contributed by atoms with E-state index in [9.17, 15) is 0 Å². The quantitative estimate of drug-likeness (QED) is 0.100. The van der Waals surface area contributed by atoms with Gasteiger partial charge in [-0.2, -0.15) is 0 Å². The Kier molecular flexibility index (Phi) is 1040. The van der Waals surface area contributed by atoms with Gasteiger partial charge in [0.1, 0.15) is 0 Å². The van der Waals surface area contributed by atoms with Crippen molar-refractivity contribution >= 4 is 877 Å². The molecule has 0 radical (unpaired) electrons. The van der Waals surface area contributed by atoms with Gasteiger partial charge in [-0.1, -0.05) is 0 Å². The van der Waals surface area contributed by atoms with Crippen molar-refractivity contribution < 1.29 is 120 Å². The minimum atomic E-state index is -1.83. The molecule has 0 amide bonds. The van der Waals surface area contributed by atoms with Gasteiger partial charge in [0.25, 0.3) is 0 Å². The summed E-state index contributed by atoms with van der Waals surface area (Å²) in [6.45, 7) is 0. The second-order valence-electron chi connectivity index (χ2n) is 2.26. The molecule has 0 heterocycles. The zero-order chi connectivity index (χ0) is 28.6. The molecule has 0 fully saturated rings. The van der Waals surface area contributed by atoms with Gasteiger partial charge in [0.15, 0.2) is 0 Å². The molecule has 0 aliphatic rings. The average Bonchev–Trinajstić information content (AvgIpc) is 2.30. The molecule has 0 aromatic carbocycles. The van der Waals surface area contributed by atoms with Crippen LogP contribution < -0.4 is 0 Å². The fourth-order valence-corrected chi connectivity index (χ4v) is 0. The molecule has 0 aliphatic carbocycles. The molecule has 16 N–H and O–H groups in total. The van der Waals surface area contributed by atoms with E-state index < -0.39 is 49.2 Å². The van der Waals surface area contributed by atoms with Crippen LogP contribution in [0.2, 0.25) is 0 Å². The van der Waals surface area contributed by atoms with Crippen LogP contribution in [0.4, 0.5) is 38.4 Å². The van der Waals surface area contributed by atoms with Crippen LogP contribution in [0.1, 0.15) is 0 Å². The molecule has 0 aromatic rings. The first-order valence-corrected chi connectivity index (χ1v) is 5.21. The van der Waals surface area contributed by atoms with Gasteiger partial charge in [0, 0.05) is 0 Å². The molecular weight excluding hydrogens is 1120 g/mol. The SMILES string of the molecule is O=C(O)O.O=C(O)O.O=C(O)O.O=C(O)O.O=C(O)O.O=C(O)O.O=C(O)O.O=C(O)O.[NaH].[NaH].[NaH].[NaH].[NaH].[NaH].[NaH].[NaH].[NaH].[NaH].[NaH].[NaH].[NaH].[NaH].[NaH].[NaH].[NaH].[NaH].[NaH].[NaH].[NaH].[NaH].[NaH].[NaH].[NaH].[NaH].[NaH].[NaH]. The summed E-state index contributed by atoms with van der Waals surface area (Å²) >= 11 is 0. The van der Waals surface area contributed by atoms with Crippen LogP contribution in [-0.4, -0.2) is 959 Å². The van der Waals surface area contributed by atoms with Crippen LogP contribution >= 0.6 is 0 Å². The van der Waals surface area contributed by atoms with Crippen molar-refractivity contribution in [1.29, 1.82) is 0 Å². The second kappa shape index (κ2) is 245. The Morgan fingerprint density at radius 2 is 0.117 bits per heavy atom. The molecule has 0 rings (SSSR count). The van der Waals surface area contributed by atoms with E-state index in [-0.39, 0.29) is 828 Å². The normalized spacial score (nSPS) is 3.20. The first-order valence-electron chi connectivity index (χ1n) is 5.21. The third-order valence-corrected chi connectivity index (χ3v) is 0. The molecule has 0 bridgehead atoms. The zero-order valence-corrected chi connectivity index (χ0v) is 14.4. The van der Waals surface area contributed by atoms with Crippen LogP contribution in [0.15, 0.2) is 0 Å². The van der Waals surface area contributed by atoms with E-state index in [2.05, 4.69) is 0 Å². The van der Waals surface area contributed by atoms with Gasteiger partial charge in [-0.05, 0) is 0 Å². The molecule has 0 aromatic heterocycles. The molecule has 24 nitrogen and oxygen atoms in total. The first-order chi connectivity index (χ1) is 13.9. The number of carbonyl (C=O) groups is 8. The summed E-state index contributed by atoms with van der Waals surface area (Å²) in [6, 6.07) is 0. The Morgan fingerprint density at radius 3 is 0.117 bits per heavy atom. The summed E-state index contributed by atoms with van der Waals surface area (Å²) in [7, 11) is 0. The predicted molar refractivity (Wildman–Crippen MR) is 285 cm³/mol. The van der Waals surface area contributed by atoms with E-state index in [1.165, 1.54) is 0 Å². The summed E-state index contributed by atoms with van der Waals surface area (Å²) < 4.78 is 0. The van der Waals surface area contributed by atoms with E-state index in [0.29, 0.717) is 0 Å². The molecule has 0 saturated carbocycles. The van der Waals surface area contributed by atoms with Crippen molar-refractivity contribution in [2.75, 3.05) is 0 Å². The summed E-state index contributed by atoms with van der Waals surface area (Å²) in [5, 5.41) is 112. The molecule has 248 valence electrons. The van der Waals surface area contributed by atoms with Gasteiger partial charge >= 0.3 is 877 Å². The van der Waals surface area contributed by atoms with E-state index in [4.69, 9.17) is 120 Å². The van der Waals surface area contributed by atoms with Crippen LogP contribution in [0.5, 0.6) is 0 Å².